The molecule has 0 bridgehead atoms. The number of nitrogens with zero attached hydrogens (tertiary/aromatic N) is 1. The third-order valence-corrected chi connectivity index (χ3v) is 4.09. The number of rotatable bonds is 10. The summed E-state index contributed by atoms with van der Waals surface area (Å²) in [4.78, 5) is 11.2. The third-order valence-electron chi connectivity index (χ3n) is 4.09. The number of hydrogen-bond donors (Lipinski definition) is 0. The molecular weight excluding hydrogens is 338 g/mol. The molecule has 0 N–H and O–H groups in total. The van der Waals surface area contributed by atoms with E-state index < -0.39 is 0 Å². The predicted octanol–water partition coefficient (Wildman–Crippen LogP) is 5.28. The minimum absolute atomic E-state index is 0.317. The highest BCUT2D eigenvalue weighted by atomic mass is 16.5. The van der Waals surface area contributed by atoms with Crippen LogP contribution in [-0.2, 0) is 9.53 Å². The van der Waals surface area contributed by atoms with Crippen molar-refractivity contribution in [2.75, 3.05) is 13.2 Å². The molecule has 0 aliphatic heterocycles. The molecule has 0 unspecified atom stereocenters. The zero-order chi connectivity index (χ0) is 19.5. The summed E-state index contributed by atoms with van der Waals surface area (Å²) < 4.78 is 10.8. The summed E-state index contributed by atoms with van der Waals surface area (Å²) in [6.45, 7) is 6.32. The van der Waals surface area contributed by atoms with E-state index in [4.69, 9.17) is 14.7 Å². The molecule has 2 rings (SSSR count). The zero-order valence-corrected chi connectivity index (χ0v) is 15.7. The zero-order valence-electron chi connectivity index (χ0n) is 15.7. The Morgan fingerprint density at radius 2 is 1.48 bits per heavy atom. The minimum Gasteiger partial charge on any atom is -0.494 e. The van der Waals surface area contributed by atoms with E-state index in [0.29, 0.717) is 24.4 Å². The number of carbonyl (C=O) groups is 1. The van der Waals surface area contributed by atoms with Gasteiger partial charge in [-0.15, -0.1) is 0 Å². The summed E-state index contributed by atoms with van der Waals surface area (Å²) in [5.74, 6) is 0.533. The van der Waals surface area contributed by atoms with E-state index in [1.54, 1.807) is 6.92 Å². The first-order valence-electron chi connectivity index (χ1n) is 9.16. The topological polar surface area (TPSA) is 59.3 Å². The maximum Gasteiger partial charge on any atom is 0.333 e. The van der Waals surface area contributed by atoms with Gasteiger partial charge in [-0.25, -0.2) is 4.79 Å². The number of unbranched alkanes of at least 4 members (excludes halogenated alkanes) is 3. The molecule has 2 aromatic rings. The molecule has 4 nitrogen and oxygen atoms in total. The van der Waals surface area contributed by atoms with Gasteiger partial charge in [0.1, 0.15) is 5.75 Å². The Labute approximate surface area is 161 Å². The number of esters is 1. The van der Waals surface area contributed by atoms with Gasteiger partial charge in [0.05, 0.1) is 24.8 Å². The fourth-order valence-electron chi connectivity index (χ4n) is 2.52. The van der Waals surface area contributed by atoms with E-state index in [-0.39, 0.29) is 5.97 Å². The summed E-state index contributed by atoms with van der Waals surface area (Å²) in [6, 6.07) is 17.6. The van der Waals surface area contributed by atoms with Gasteiger partial charge in [-0.05, 0) is 68.0 Å². The molecular formula is C23H25NO3. The Balaban J connectivity index is 1.63. The van der Waals surface area contributed by atoms with Crippen LogP contribution >= 0.6 is 0 Å². The number of hydrogen-bond acceptors (Lipinski definition) is 4. The Bertz CT molecular complexity index is 786. The molecule has 0 aromatic heterocycles. The van der Waals surface area contributed by atoms with Crippen molar-refractivity contribution >= 4 is 5.97 Å². The van der Waals surface area contributed by atoms with Crippen molar-refractivity contribution in [3.05, 3.63) is 66.2 Å². The number of ether oxygens (including phenoxy) is 2. The van der Waals surface area contributed by atoms with Crippen LogP contribution in [0.4, 0.5) is 0 Å². The average molecular weight is 363 g/mol. The summed E-state index contributed by atoms with van der Waals surface area (Å²) in [7, 11) is 0. The SMILES string of the molecule is C=C(C)C(=O)OCCCCCCOc1ccc(-c2ccc(C#N)cc2)cc1. The fraction of sp³-hybridized carbons (Fsp3) is 0.304. The molecule has 0 amide bonds. The molecule has 0 aliphatic rings. The summed E-state index contributed by atoms with van der Waals surface area (Å²) in [5.41, 5.74) is 3.27. The lowest BCUT2D eigenvalue weighted by molar-refractivity contribution is -0.139. The standard InChI is InChI=1S/C23H25NO3/c1-18(2)23(25)27-16-6-4-3-5-15-26-22-13-11-21(12-14-22)20-9-7-19(17-24)8-10-20/h7-14H,1,3-6,15-16H2,2H3. The van der Waals surface area contributed by atoms with Crippen LogP contribution in [0.3, 0.4) is 0 Å². The van der Waals surface area contributed by atoms with Gasteiger partial charge in [0, 0.05) is 5.57 Å². The Hall–Kier alpha value is -3.06. The third kappa shape index (κ3) is 6.99. The lowest BCUT2D eigenvalue weighted by Crippen LogP contribution is -2.06. The normalized spacial score (nSPS) is 10.1. The van der Waals surface area contributed by atoms with Gasteiger partial charge in [-0.1, -0.05) is 30.8 Å². The van der Waals surface area contributed by atoms with Crippen molar-refractivity contribution < 1.29 is 14.3 Å². The van der Waals surface area contributed by atoms with Crippen molar-refractivity contribution in [1.29, 1.82) is 5.26 Å². The Kier molecular flexibility index (Phi) is 8.12. The van der Waals surface area contributed by atoms with Crippen LogP contribution in [0, 0.1) is 11.3 Å². The highest BCUT2D eigenvalue weighted by Gasteiger charge is 2.02. The molecule has 0 fully saturated rings. The summed E-state index contributed by atoms with van der Waals surface area (Å²) in [5, 5.41) is 8.85. The first kappa shape index (κ1) is 20.3. The molecule has 140 valence electrons. The van der Waals surface area contributed by atoms with Crippen LogP contribution in [0.25, 0.3) is 11.1 Å². The van der Waals surface area contributed by atoms with Crippen LogP contribution in [0.5, 0.6) is 5.75 Å². The fourth-order valence-corrected chi connectivity index (χ4v) is 2.52. The molecule has 0 radical (unpaired) electrons. The van der Waals surface area contributed by atoms with E-state index in [1.807, 2.05) is 48.5 Å². The molecule has 2 aromatic carbocycles. The van der Waals surface area contributed by atoms with Gasteiger partial charge in [0.15, 0.2) is 0 Å². The number of nitriles is 1. The van der Waals surface area contributed by atoms with Gasteiger partial charge < -0.3 is 9.47 Å². The number of carbonyl (C=O) groups excluding carboxylic acids is 1. The maximum atomic E-state index is 11.2. The van der Waals surface area contributed by atoms with Gasteiger partial charge in [0.25, 0.3) is 0 Å². The predicted molar refractivity (Wildman–Crippen MR) is 106 cm³/mol. The lowest BCUT2D eigenvalue weighted by Gasteiger charge is -2.08. The van der Waals surface area contributed by atoms with Crippen molar-refractivity contribution in [2.24, 2.45) is 0 Å². The molecule has 0 saturated heterocycles. The lowest BCUT2D eigenvalue weighted by atomic mass is 10.0. The van der Waals surface area contributed by atoms with Gasteiger partial charge in [-0.3, -0.25) is 0 Å². The van der Waals surface area contributed by atoms with Gasteiger partial charge in [-0.2, -0.15) is 5.26 Å². The first-order chi connectivity index (χ1) is 13.1. The largest absolute Gasteiger partial charge is 0.494 e. The first-order valence-corrected chi connectivity index (χ1v) is 9.16. The van der Waals surface area contributed by atoms with Crippen LogP contribution in [-0.4, -0.2) is 19.2 Å². The van der Waals surface area contributed by atoms with Crippen LogP contribution in [0.1, 0.15) is 38.2 Å². The average Bonchev–Trinajstić information content (AvgIpc) is 2.70. The maximum absolute atomic E-state index is 11.2. The minimum atomic E-state index is -0.317. The second-order valence-electron chi connectivity index (χ2n) is 6.39. The monoisotopic (exact) mass is 363 g/mol. The summed E-state index contributed by atoms with van der Waals surface area (Å²) in [6.07, 6.45) is 3.86. The second-order valence-corrected chi connectivity index (χ2v) is 6.39. The van der Waals surface area contributed by atoms with E-state index in [2.05, 4.69) is 12.6 Å². The quantitative estimate of drug-likeness (QED) is 0.327. The number of benzene rings is 2. The van der Waals surface area contributed by atoms with Crippen LogP contribution in [0.2, 0.25) is 0 Å². The molecule has 4 heteroatoms. The van der Waals surface area contributed by atoms with E-state index in [0.717, 1.165) is 42.6 Å². The Morgan fingerprint density at radius 3 is 2.04 bits per heavy atom. The Morgan fingerprint density at radius 1 is 0.926 bits per heavy atom. The smallest absolute Gasteiger partial charge is 0.333 e. The van der Waals surface area contributed by atoms with E-state index in [1.165, 1.54) is 0 Å². The van der Waals surface area contributed by atoms with E-state index >= 15 is 0 Å². The molecule has 0 saturated carbocycles. The molecule has 0 spiro atoms. The molecule has 0 aliphatic carbocycles. The van der Waals surface area contributed by atoms with Crippen molar-refractivity contribution in [3.8, 4) is 22.9 Å². The van der Waals surface area contributed by atoms with E-state index in [9.17, 15) is 4.79 Å². The highest BCUT2D eigenvalue weighted by molar-refractivity contribution is 5.86. The molecule has 0 atom stereocenters. The molecule has 27 heavy (non-hydrogen) atoms. The molecule has 0 heterocycles. The van der Waals surface area contributed by atoms with Crippen LogP contribution < -0.4 is 4.74 Å². The van der Waals surface area contributed by atoms with Crippen molar-refractivity contribution in [1.82, 2.24) is 0 Å². The highest BCUT2D eigenvalue weighted by Crippen LogP contribution is 2.23. The van der Waals surface area contributed by atoms with Crippen LogP contribution in [0.15, 0.2) is 60.7 Å². The van der Waals surface area contributed by atoms with Crippen molar-refractivity contribution in [3.63, 3.8) is 0 Å². The van der Waals surface area contributed by atoms with Gasteiger partial charge >= 0.3 is 5.97 Å². The van der Waals surface area contributed by atoms with Crippen molar-refractivity contribution in [2.45, 2.75) is 32.6 Å². The van der Waals surface area contributed by atoms with Gasteiger partial charge in [0.2, 0.25) is 0 Å². The summed E-state index contributed by atoms with van der Waals surface area (Å²) >= 11 is 0. The second kappa shape index (κ2) is 10.8.